The van der Waals surface area contributed by atoms with Crippen molar-refractivity contribution in [3.63, 3.8) is 0 Å². The number of carbonyl (C=O) groups excluding carboxylic acids is 1. The molecule has 0 bridgehead atoms. The summed E-state index contributed by atoms with van der Waals surface area (Å²) in [5.41, 5.74) is 0.993. The van der Waals surface area contributed by atoms with Crippen LogP contribution in [0.4, 0.5) is 0 Å². The van der Waals surface area contributed by atoms with E-state index in [0.717, 1.165) is 5.56 Å². The summed E-state index contributed by atoms with van der Waals surface area (Å²) >= 11 is 0. The number of carboxylic acids is 1. The maximum atomic E-state index is 12.3. The van der Waals surface area contributed by atoms with Crippen LogP contribution >= 0.6 is 0 Å². The zero-order valence-electron chi connectivity index (χ0n) is 12.2. The monoisotopic (exact) mass is 313 g/mol. The van der Waals surface area contributed by atoms with Crippen molar-refractivity contribution in [2.24, 2.45) is 0 Å². The minimum absolute atomic E-state index is 0.269. The molecule has 23 heavy (non-hydrogen) atoms. The molecule has 0 aliphatic carbocycles. The SMILES string of the molecule is O=C(O)CN1CCC(n2nnnc2/C=C/c2ccccc2)C1=O. The van der Waals surface area contributed by atoms with E-state index in [1.807, 2.05) is 36.4 Å². The van der Waals surface area contributed by atoms with E-state index < -0.39 is 12.0 Å². The number of aromatic nitrogens is 4. The minimum atomic E-state index is -1.03. The number of carboxylic acid groups (broad SMARTS) is 1. The van der Waals surface area contributed by atoms with Crippen molar-refractivity contribution in [1.29, 1.82) is 0 Å². The Morgan fingerprint density at radius 1 is 1.30 bits per heavy atom. The molecule has 1 amide bonds. The number of nitrogens with zero attached hydrogens (tertiary/aromatic N) is 5. The highest BCUT2D eigenvalue weighted by Gasteiger charge is 2.35. The number of hydrogen-bond donors (Lipinski definition) is 1. The number of amides is 1. The van der Waals surface area contributed by atoms with E-state index in [9.17, 15) is 9.59 Å². The second kappa shape index (κ2) is 6.39. The van der Waals surface area contributed by atoms with Crippen LogP contribution in [-0.2, 0) is 9.59 Å². The highest BCUT2D eigenvalue weighted by Crippen LogP contribution is 2.23. The number of benzene rings is 1. The fraction of sp³-hybridized carbons (Fsp3) is 0.267. The fourth-order valence-corrected chi connectivity index (χ4v) is 2.54. The standard InChI is InChI=1S/C15H15N5O3/c21-14(22)10-19-9-8-12(15(19)23)20-13(16-17-18-20)7-6-11-4-2-1-3-5-11/h1-7,12H,8-10H2,(H,21,22)/b7-6+. The topological polar surface area (TPSA) is 101 Å². The van der Waals surface area contributed by atoms with E-state index in [0.29, 0.717) is 18.8 Å². The summed E-state index contributed by atoms with van der Waals surface area (Å²) < 4.78 is 1.45. The average molecular weight is 313 g/mol. The van der Waals surface area contributed by atoms with Gasteiger partial charge in [-0.15, -0.1) is 5.10 Å². The van der Waals surface area contributed by atoms with Crippen molar-refractivity contribution in [2.45, 2.75) is 12.5 Å². The number of likely N-dealkylation sites (tertiary alicyclic amines) is 1. The molecule has 1 aliphatic heterocycles. The Morgan fingerprint density at radius 3 is 2.83 bits per heavy atom. The van der Waals surface area contributed by atoms with Gasteiger partial charge in [-0.3, -0.25) is 9.59 Å². The molecule has 1 N–H and O–H groups in total. The van der Waals surface area contributed by atoms with E-state index in [1.54, 1.807) is 6.08 Å². The van der Waals surface area contributed by atoms with Gasteiger partial charge in [0.1, 0.15) is 12.6 Å². The Kier molecular flexibility index (Phi) is 4.13. The van der Waals surface area contributed by atoms with Crippen LogP contribution in [0.25, 0.3) is 12.2 Å². The lowest BCUT2D eigenvalue weighted by Crippen LogP contribution is -2.33. The van der Waals surface area contributed by atoms with Gasteiger partial charge in [0.2, 0.25) is 5.91 Å². The molecular formula is C15H15N5O3. The Bertz CT molecular complexity index is 741. The van der Waals surface area contributed by atoms with Crippen molar-refractivity contribution in [3.05, 3.63) is 41.7 Å². The summed E-state index contributed by atoms with van der Waals surface area (Å²) in [4.78, 5) is 24.4. The largest absolute Gasteiger partial charge is 0.480 e. The van der Waals surface area contributed by atoms with Gasteiger partial charge in [0, 0.05) is 6.54 Å². The van der Waals surface area contributed by atoms with Gasteiger partial charge >= 0.3 is 5.97 Å². The molecule has 118 valence electrons. The molecular weight excluding hydrogens is 298 g/mol. The third-order valence-corrected chi connectivity index (χ3v) is 3.63. The Balaban J connectivity index is 1.78. The van der Waals surface area contributed by atoms with E-state index in [4.69, 9.17) is 5.11 Å². The maximum Gasteiger partial charge on any atom is 0.323 e. The van der Waals surface area contributed by atoms with E-state index in [-0.39, 0.29) is 12.5 Å². The molecule has 8 nitrogen and oxygen atoms in total. The number of rotatable bonds is 5. The Labute approximate surface area is 132 Å². The van der Waals surface area contributed by atoms with Crippen molar-refractivity contribution < 1.29 is 14.7 Å². The first-order valence-electron chi connectivity index (χ1n) is 7.17. The lowest BCUT2D eigenvalue weighted by atomic mass is 10.2. The van der Waals surface area contributed by atoms with Crippen molar-refractivity contribution >= 4 is 24.0 Å². The van der Waals surface area contributed by atoms with Crippen LogP contribution in [-0.4, -0.2) is 55.2 Å². The lowest BCUT2D eigenvalue weighted by molar-refractivity contribution is -0.143. The molecule has 2 heterocycles. The van der Waals surface area contributed by atoms with E-state index in [2.05, 4.69) is 15.5 Å². The number of tetrazole rings is 1. The molecule has 1 unspecified atom stereocenters. The third-order valence-electron chi connectivity index (χ3n) is 3.63. The molecule has 1 aromatic carbocycles. The number of aliphatic carboxylic acids is 1. The van der Waals surface area contributed by atoms with Gasteiger partial charge in [-0.25, -0.2) is 4.68 Å². The molecule has 3 rings (SSSR count). The molecule has 1 fully saturated rings. The zero-order chi connectivity index (χ0) is 16.2. The zero-order valence-corrected chi connectivity index (χ0v) is 12.2. The van der Waals surface area contributed by atoms with E-state index in [1.165, 1.54) is 9.58 Å². The first kappa shape index (κ1) is 14.9. The molecule has 2 aromatic rings. The van der Waals surface area contributed by atoms with Crippen molar-refractivity contribution in [3.8, 4) is 0 Å². The average Bonchev–Trinajstić information content (AvgIpc) is 3.13. The van der Waals surface area contributed by atoms with Gasteiger partial charge in [0.15, 0.2) is 5.82 Å². The molecule has 0 saturated carbocycles. The van der Waals surface area contributed by atoms with Crippen LogP contribution in [0.15, 0.2) is 30.3 Å². The summed E-state index contributed by atoms with van der Waals surface area (Å²) in [5, 5.41) is 20.3. The van der Waals surface area contributed by atoms with Gasteiger partial charge in [-0.2, -0.15) is 0 Å². The third kappa shape index (κ3) is 3.25. The van der Waals surface area contributed by atoms with Gasteiger partial charge in [0.25, 0.3) is 0 Å². The molecule has 1 aromatic heterocycles. The summed E-state index contributed by atoms with van der Waals surface area (Å²) in [7, 11) is 0. The van der Waals surface area contributed by atoms with Crippen LogP contribution in [0.1, 0.15) is 23.9 Å². The smallest absolute Gasteiger partial charge is 0.323 e. The molecule has 1 atom stereocenters. The second-order valence-corrected chi connectivity index (χ2v) is 5.18. The first-order valence-corrected chi connectivity index (χ1v) is 7.17. The first-order chi connectivity index (χ1) is 11.1. The van der Waals surface area contributed by atoms with Gasteiger partial charge in [-0.05, 0) is 28.5 Å². The maximum absolute atomic E-state index is 12.3. The molecule has 1 saturated heterocycles. The predicted molar refractivity (Wildman–Crippen MR) is 81.1 cm³/mol. The lowest BCUT2D eigenvalue weighted by Gasteiger charge is -2.13. The predicted octanol–water partition coefficient (Wildman–Crippen LogP) is 0.701. The van der Waals surface area contributed by atoms with Crippen LogP contribution in [0.2, 0.25) is 0 Å². The van der Waals surface area contributed by atoms with Gasteiger partial charge in [-0.1, -0.05) is 36.4 Å². The summed E-state index contributed by atoms with van der Waals surface area (Å²) in [5.74, 6) is -0.835. The van der Waals surface area contributed by atoms with Crippen molar-refractivity contribution in [1.82, 2.24) is 25.1 Å². The van der Waals surface area contributed by atoms with Gasteiger partial charge < -0.3 is 10.0 Å². The quantitative estimate of drug-likeness (QED) is 0.872. The summed E-state index contributed by atoms with van der Waals surface area (Å²) in [6, 6.07) is 9.11. The Hall–Kier alpha value is -3.03. The summed E-state index contributed by atoms with van der Waals surface area (Å²) in [6.07, 6.45) is 4.09. The second-order valence-electron chi connectivity index (χ2n) is 5.18. The number of hydrogen-bond acceptors (Lipinski definition) is 5. The normalized spacial score (nSPS) is 18.0. The van der Waals surface area contributed by atoms with Crippen LogP contribution in [0.5, 0.6) is 0 Å². The number of carbonyl (C=O) groups is 2. The molecule has 1 aliphatic rings. The molecule has 0 radical (unpaired) electrons. The van der Waals surface area contributed by atoms with Crippen molar-refractivity contribution in [2.75, 3.05) is 13.1 Å². The molecule has 0 spiro atoms. The van der Waals surface area contributed by atoms with E-state index >= 15 is 0 Å². The molecule has 8 heteroatoms. The van der Waals surface area contributed by atoms with Gasteiger partial charge in [0.05, 0.1) is 0 Å². The Morgan fingerprint density at radius 2 is 2.09 bits per heavy atom. The highest BCUT2D eigenvalue weighted by molar-refractivity contribution is 5.86. The van der Waals surface area contributed by atoms with Crippen LogP contribution < -0.4 is 0 Å². The van der Waals surface area contributed by atoms with Crippen LogP contribution in [0.3, 0.4) is 0 Å². The van der Waals surface area contributed by atoms with Crippen LogP contribution in [0, 0.1) is 0 Å². The highest BCUT2D eigenvalue weighted by atomic mass is 16.4. The minimum Gasteiger partial charge on any atom is -0.480 e. The summed E-state index contributed by atoms with van der Waals surface area (Å²) in [6.45, 7) is 0.0874. The fourth-order valence-electron chi connectivity index (χ4n) is 2.54.